The molecule has 0 heterocycles. The predicted molar refractivity (Wildman–Crippen MR) is 65.8 cm³/mol. The lowest BCUT2D eigenvalue weighted by Crippen LogP contribution is -2.06. The van der Waals surface area contributed by atoms with Gasteiger partial charge in [0.25, 0.3) is 0 Å². The summed E-state index contributed by atoms with van der Waals surface area (Å²) in [5.41, 5.74) is 0.315. The van der Waals surface area contributed by atoms with Crippen LogP contribution in [0.4, 0.5) is 13.2 Å². The van der Waals surface area contributed by atoms with Crippen LogP contribution < -0.4 is 0 Å². The third-order valence-corrected chi connectivity index (χ3v) is 2.98. The lowest BCUT2D eigenvalue weighted by molar-refractivity contribution is 0.0992. The number of carbonyl (C=O) groups is 1. The van der Waals surface area contributed by atoms with Crippen LogP contribution in [-0.4, -0.2) is 5.78 Å². The van der Waals surface area contributed by atoms with Gasteiger partial charge >= 0.3 is 0 Å². The maximum Gasteiger partial charge on any atom is 0.194 e. The first-order valence-electron chi connectivity index (χ1n) is 5.40. The topological polar surface area (TPSA) is 17.1 Å². The fourth-order valence-electron chi connectivity index (χ4n) is 1.63. The summed E-state index contributed by atoms with van der Waals surface area (Å²) in [6, 6.07) is 8.00. The molecule has 0 aliphatic rings. The molecular formula is C14H8ClF3O. The van der Waals surface area contributed by atoms with Gasteiger partial charge in [-0.15, -0.1) is 0 Å². The molecule has 0 atom stereocenters. The highest BCUT2D eigenvalue weighted by atomic mass is 35.5. The Morgan fingerprint density at radius 3 is 2.21 bits per heavy atom. The van der Waals surface area contributed by atoms with Crippen LogP contribution >= 0.6 is 11.6 Å². The van der Waals surface area contributed by atoms with Gasteiger partial charge in [-0.2, -0.15) is 0 Å². The quantitative estimate of drug-likeness (QED) is 0.610. The van der Waals surface area contributed by atoms with E-state index < -0.39 is 23.2 Å². The van der Waals surface area contributed by atoms with Crippen LogP contribution in [0.1, 0.15) is 15.9 Å². The largest absolute Gasteiger partial charge is 0.294 e. The Labute approximate surface area is 112 Å². The van der Waals surface area contributed by atoms with E-state index in [1.165, 1.54) is 0 Å². The zero-order valence-corrected chi connectivity index (χ0v) is 10.3. The molecule has 5 heteroatoms. The summed E-state index contributed by atoms with van der Waals surface area (Å²) in [5, 5.41) is 0.388. The lowest BCUT2D eigenvalue weighted by Gasteiger charge is -2.05. The molecule has 0 bridgehead atoms. The molecule has 0 amide bonds. The summed E-state index contributed by atoms with van der Waals surface area (Å²) >= 11 is 5.88. The molecule has 0 radical (unpaired) electrons. The summed E-state index contributed by atoms with van der Waals surface area (Å²) in [7, 11) is 0. The van der Waals surface area contributed by atoms with E-state index in [1.807, 2.05) is 0 Å². The van der Waals surface area contributed by atoms with Gasteiger partial charge in [0.05, 0.1) is 0 Å². The highest BCUT2D eigenvalue weighted by Crippen LogP contribution is 2.19. The highest BCUT2D eigenvalue weighted by molar-refractivity contribution is 6.31. The normalized spacial score (nSPS) is 10.5. The maximum absolute atomic E-state index is 13.0. The molecule has 0 unspecified atom stereocenters. The molecule has 0 N–H and O–H groups in total. The Balaban J connectivity index is 2.28. The summed E-state index contributed by atoms with van der Waals surface area (Å²) in [6.07, 6.45) is -0.107. The minimum Gasteiger partial charge on any atom is -0.294 e. The van der Waals surface area contributed by atoms with Crippen molar-refractivity contribution in [2.75, 3.05) is 0 Å². The van der Waals surface area contributed by atoms with Crippen molar-refractivity contribution in [2.24, 2.45) is 0 Å². The number of Topliss-reactive ketones (excluding diaryl/α,β-unsaturated/α-hetero) is 1. The van der Waals surface area contributed by atoms with Gasteiger partial charge in [-0.3, -0.25) is 4.79 Å². The number of hydrogen-bond acceptors (Lipinski definition) is 1. The zero-order chi connectivity index (χ0) is 14.0. The van der Waals surface area contributed by atoms with E-state index >= 15 is 0 Å². The third-order valence-electron chi connectivity index (χ3n) is 2.61. The van der Waals surface area contributed by atoms with Gasteiger partial charge in [0.2, 0.25) is 0 Å². The number of ketones is 1. The monoisotopic (exact) mass is 284 g/mol. The Bertz CT molecular complexity index is 617. The van der Waals surface area contributed by atoms with Crippen molar-refractivity contribution < 1.29 is 18.0 Å². The highest BCUT2D eigenvalue weighted by Gasteiger charge is 2.16. The van der Waals surface area contributed by atoms with Crippen LogP contribution in [0.15, 0.2) is 36.4 Å². The van der Waals surface area contributed by atoms with Crippen molar-refractivity contribution in [3.05, 3.63) is 70.0 Å². The number of rotatable bonds is 3. The number of carbonyl (C=O) groups excluding carboxylic acids is 1. The molecule has 2 aromatic rings. The Kier molecular flexibility index (Phi) is 3.90. The van der Waals surface area contributed by atoms with Crippen LogP contribution in [0.5, 0.6) is 0 Å². The molecule has 0 aliphatic carbocycles. The van der Waals surface area contributed by atoms with Crippen LogP contribution in [0, 0.1) is 17.5 Å². The number of halogens is 4. The Hall–Kier alpha value is -1.81. The maximum atomic E-state index is 13.0. The molecule has 0 saturated carbocycles. The van der Waals surface area contributed by atoms with E-state index in [1.54, 1.807) is 24.3 Å². The van der Waals surface area contributed by atoms with Crippen LogP contribution in [-0.2, 0) is 6.42 Å². The van der Waals surface area contributed by atoms with Gasteiger partial charge in [0, 0.05) is 17.0 Å². The molecular weight excluding hydrogens is 277 g/mol. The second kappa shape index (κ2) is 5.45. The molecule has 0 spiro atoms. The van der Waals surface area contributed by atoms with Gasteiger partial charge in [-0.05, 0) is 23.8 Å². The minimum absolute atomic E-state index is 0.107. The van der Waals surface area contributed by atoms with Crippen molar-refractivity contribution in [1.29, 1.82) is 0 Å². The zero-order valence-electron chi connectivity index (χ0n) is 9.59. The molecule has 98 valence electrons. The standard InChI is InChI=1S/C14H8ClF3O/c15-10-4-2-1-3-8(10)7-13(19)9-5-11(16)14(18)12(17)6-9/h1-6H,7H2. The van der Waals surface area contributed by atoms with Gasteiger partial charge < -0.3 is 0 Å². The van der Waals surface area contributed by atoms with Crippen LogP contribution in [0.3, 0.4) is 0 Å². The fourth-order valence-corrected chi connectivity index (χ4v) is 1.84. The molecule has 0 aromatic heterocycles. The molecule has 2 aromatic carbocycles. The summed E-state index contributed by atoms with van der Waals surface area (Å²) in [6.45, 7) is 0. The van der Waals surface area contributed by atoms with Gasteiger partial charge in [0.1, 0.15) is 0 Å². The van der Waals surface area contributed by atoms with E-state index in [-0.39, 0.29) is 12.0 Å². The van der Waals surface area contributed by atoms with Crippen molar-refractivity contribution in [3.8, 4) is 0 Å². The van der Waals surface area contributed by atoms with Crippen molar-refractivity contribution in [1.82, 2.24) is 0 Å². The van der Waals surface area contributed by atoms with Crippen molar-refractivity contribution in [3.63, 3.8) is 0 Å². The number of hydrogen-bond donors (Lipinski definition) is 0. The third kappa shape index (κ3) is 2.96. The van der Waals surface area contributed by atoms with Crippen LogP contribution in [0.2, 0.25) is 5.02 Å². The second-order valence-electron chi connectivity index (χ2n) is 3.95. The molecule has 0 aliphatic heterocycles. The number of benzene rings is 2. The fraction of sp³-hybridized carbons (Fsp3) is 0.0714. The summed E-state index contributed by atoms with van der Waals surface area (Å²) in [4.78, 5) is 11.9. The van der Waals surface area contributed by atoms with Gasteiger partial charge in [-0.1, -0.05) is 29.8 Å². The average molecular weight is 285 g/mol. The first-order chi connectivity index (χ1) is 8.99. The van der Waals surface area contributed by atoms with Crippen molar-refractivity contribution >= 4 is 17.4 Å². The van der Waals surface area contributed by atoms with E-state index in [0.717, 1.165) is 0 Å². The van der Waals surface area contributed by atoms with Crippen molar-refractivity contribution in [2.45, 2.75) is 6.42 Å². The van der Waals surface area contributed by atoms with E-state index in [9.17, 15) is 18.0 Å². The second-order valence-corrected chi connectivity index (χ2v) is 4.35. The smallest absolute Gasteiger partial charge is 0.194 e. The SMILES string of the molecule is O=C(Cc1ccccc1Cl)c1cc(F)c(F)c(F)c1. The van der Waals surface area contributed by atoms with Gasteiger partial charge in [0.15, 0.2) is 23.2 Å². The predicted octanol–water partition coefficient (Wildman–Crippen LogP) is 4.18. The first-order valence-corrected chi connectivity index (χ1v) is 5.78. The lowest BCUT2D eigenvalue weighted by atomic mass is 10.0. The first kappa shape index (κ1) is 13.6. The Morgan fingerprint density at radius 1 is 1.05 bits per heavy atom. The molecule has 0 saturated heterocycles. The van der Waals surface area contributed by atoms with E-state index in [0.29, 0.717) is 22.7 Å². The summed E-state index contributed by atoms with van der Waals surface area (Å²) < 4.78 is 38.8. The molecule has 19 heavy (non-hydrogen) atoms. The Morgan fingerprint density at radius 2 is 1.63 bits per heavy atom. The average Bonchev–Trinajstić information content (AvgIpc) is 2.38. The molecule has 0 fully saturated rings. The molecule has 2 rings (SSSR count). The molecule has 1 nitrogen and oxygen atoms in total. The minimum atomic E-state index is -1.59. The van der Waals surface area contributed by atoms with Gasteiger partial charge in [-0.25, -0.2) is 13.2 Å². The van der Waals surface area contributed by atoms with E-state index in [2.05, 4.69) is 0 Å². The summed E-state index contributed by atoms with van der Waals surface area (Å²) in [5.74, 6) is -4.90. The van der Waals surface area contributed by atoms with E-state index in [4.69, 9.17) is 11.6 Å². The van der Waals surface area contributed by atoms with Crippen LogP contribution in [0.25, 0.3) is 0 Å².